The van der Waals surface area contributed by atoms with Crippen molar-refractivity contribution >= 4 is 51.3 Å². The SMILES string of the molecule is Cc1cc(NC(=O)c2ccc(F)cc2Cl)sc1C(=O)Nc1c(C(N)=O)n[nH]c1C. The molecule has 0 spiro atoms. The summed E-state index contributed by atoms with van der Waals surface area (Å²) in [6, 6.07) is 5.06. The lowest BCUT2D eigenvalue weighted by Gasteiger charge is -2.05. The maximum Gasteiger partial charge on any atom is 0.271 e. The molecule has 8 nitrogen and oxygen atoms in total. The molecule has 0 aliphatic heterocycles. The number of anilines is 2. The van der Waals surface area contributed by atoms with Crippen molar-refractivity contribution in [3.63, 3.8) is 0 Å². The molecule has 29 heavy (non-hydrogen) atoms. The number of nitrogens with zero attached hydrogens (tertiary/aromatic N) is 1. The summed E-state index contributed by atoms with van der Waals surface area (Å²) in [6.45, 7) is 3.33. The van der Waals surface area contributed by atoms with Gasteiger partial charge in [-0.1, -0.05) is 11.6 Å². The van der Waals surface area contributed by atoms with Crippen LogP contribution in [0.3, 0.4) is 0 Å². The minimum atomic E-state index is -0.781. The number of carbonyl (C=O) groups is 3. The van der Waals surface area contributed by atoms with Crippen molar-refractivity contribution < 1.29 is 18.8 Å². The summed E-state index contributed by atoms with van der Waals surface area (Å²) < 4.78 is 13.2. The van der Waals surface area contributed by atoms with E-state index in [-0.39, 0.29) is 22.0 Å². The predicted molar refractivity (Wildman–Crippen MR) is 108 cm³/mol. The highest BCUT2D eigenvalue weighted by atomic mass is 35.5. The van der Waals surface area contributed by atoms with Gasteiger partial charge >= 0.3 is 0 Å². The summed E-state index contributed by atoms with van der Waals surface area (Å²) in [4.78, 5) is 36.8. The molecule has 0 aliphatic carbocycles. The third kappa shape index (κ3) is 4.28. The van der Waals surface area contributed by atoms with Crippen LogP contribution in [0.5, 0.6) is 0 Å². The molecule has 0 bridgehead atoms. The lowest BCUT2D eigenvalue weighted by molar-refractivity contribution is 0.0994. The molecule has 150 valence electrons. The van der Waals surface area contributed by atoms with Gasteiger partial charge in [-0.05, 0) is 43.7 Å². The number of amides is 3. The minimum absolute atomic E-state index is 0.0249. The van der Waals surface area contributed by atoms with Gasteiger partial charge in [-0.2, -0.15) is 5.10 Å². The quantitative estimate of drug-likeness (QED) is 0.488. The largest absolute Gasteiger partial charge is 0.364 e. The standard InChI is InChI=1S/C18H15ClFN5O3S/c1-7-5-12(22-17(27)10-4-3-9(20)6-11(10)19)29-15(7)18(28)23-13-8(2)24-25-14(13)16(21)26/h3-6H,1-2H3,(H2,21,26)(H,22,27)(H,23,28)(H,24,25). The van der Waals surface area contributed by atoms with E-state index in [4.69, 9.17) is 17.3 Å². The van der Waals surface area contributed by atoms with Crippen molar-refractivity contribution in [2.75, 3.05) is 10.6 Å². The van der Waals surface area contributed by atoms with Crippen LogP contribution in [0.4, 0.5) is 15.1 Å². The van der Waals surface area contributed by atoms with Gasteiger partial charge in [0, 0.05) is 0 Å². The molecule has 0 saturated heterocycles. The second-order valence-corrected chi connectivity index (χ2v) is 7.55. The first-order valence-electron chi connectivity index (χ1n) is 8.20. The summed E-state index contributed by atoms with van der Waals surface area (Å²) >= 11 is 6.94. The maximum atomic E-state index is 13.2. The Hall–Kier alpha value is -3.24. The van der Waals surface area contributed by atoms with Crippen molar-refractivity contribution in [1.82, 2.24) is 10.2 Å². The summed E-state index contributed by atoms with van der Waals surface area (Å²) in [5.74, 6) is -2.36. The zero-order chi connectivity index (χ0) is 21.3. The number of halogens is 2. The average molecular weight is 436 g/mol. The third-order valence-electron chi connectivity index (χ3n) is 3.96. The fraction of sp³-hybridized carbons (Fsp3) is 0.111. The van der Waals surface area contributed by atoms with Gasteiger partial charge in [-0.25, -0.2) is 4.39 Å². The summed E-state index contributed by atoms with van der Waals surface area (Å²) in [6.07, 6.45) is 0. The first-order valence-corrected chi connectivity index (χ1v) is 9.39. The van der Waals surface area contributed by atoms with E-state index in [1.165, 1.54) is 6.07 Å². The van der Waals surface area contributed by atoms with E-state index < -0.39 is 23.5 Å². The first-order chi connectivity index (χ1) is 13.7. The fourth-order valence-corrected chi connectivity index (χ4v) is 3.77. The Morgan fingerprint density at radius 3 is 2.55 bits per heavy atom. The molecule has 11 heteroatoms. The molecule has 0 fully saturated rings. The summed E-state index contributed by atoms with van der Waals surface area (Å²) in [5.41, 5.74) is 6.55. The van der Waals surface area contributed by atoms with E-state index in [9.17, 15) is 18.8 Å². The number of thiophene rings is 1. The predicted octanol–water partition coefficient (Wildman–Crippen LogP) is 3.48. The van der Waals surface area contributed by atoms with Gasteiger partial charge in [0.05, 0.1) is 31.8 Å². The number of aromatic amines is 1. The molecule has 3 aromatic rings. The van der Waals surface area contributed by atoms with Crippen LogP contribution in [0.25, 0.3) is 0 Å². The van der Waals surface area contributed by atoms with Gasteiger partial charge in [0.15, 0.2) is 5.69 Å². The van der Waals surface area contributed by atoms with Gasteiger partial charge in [0.2, 0.25) is 0 Å². The molecule has 0 saturated carbocycles. The lowest BCUT2D eigenvalue weighted by atomic mass is 10.2. The molecule has 0 atom stereocenters. The van der Waals surface area contributed by atoms with Crippen LogP contribution in [0.2, 0.25) is 5.02 Å². The number of aromatic nitrogens is 2. The minimum Gasteiger partial charge on any atom is -0.364 e. The van der Waals surface area contributed by atoms with Crippen molar-refractivity contribution in [3.8, 4) is 0 Å². The van der Waals surface area contributed by atoms with Gasteiger partial charge in [0.25, 0.3) is 17.7 Å². The van der Waals surface area contributed by atoms with Crippen LogP contribution in [0.15, 0.2) is 24.3 Å². The third-order valence-corrected chi connectivity index (χ3v) is 5.42. The second kappa shape index (κ2) is 8.02. The van der Waals surface area contributed by atoms with E-state index in [1.807, 2.05) is 0 Å². The Kier molecular flexibility index (Phi) is 5.66. The van der Waals surface area contributed by atoms with Crippen molar-refractivity contribution in [2.24, 2.45) is 5.73 Å². The van der Waals surface area contributed by atoms with Gasteiger partial charge in [0.1, 0.15) is 5.82 Å². The van der Waals surface area contributed by atoms with Crippen LogP contribution in [0, 0.1) is 19.7 Å². The molecule has 2 aromatic heterocycles. The molecule has 3 amide bonds. The lowest BCUT2D eigenvalue weighted by Crippen LogP contribution is -2.18. The molecule has 2 heterocycles. The van der Waals surface area contributed by atoms with Crippen LogP contribution >= 0.6 is 22.9 Å². The second-order valence-electron chi connectivity index (χ2n) is 6.09. The molecule has 0 aliphatic rings. The monoisotopic (exact) mass is 435 g/mol. The molecule has 3 rings (SSSR count). The van der Waals surface area contributed by atoms with Gasteiger partial charge in [-0.3, -0.25) is 19.5 Å². The number of nitrogens with one attached hydrogen (secondary N) is 3. The van der Waals surface area contributed by atoms with Crippen molar-refractivity contribution in [2.45, 2.75) is 13.8 Å². The number of hydrogen-bond donors (Lipinski definition) is 4. The van der Waals surface area contributed by atoms with E-state index in [1.54, 1.807) is 19.9 Å². The maximum absolute atomic E-state index is 13.2. The fourth-order valence-electron chi connectivity index (χ4n) is 2.55. The zero-order valence-electron chi connectivity index (χ0n) is 15.2. The Morgan fingerprint density at radius 1 is 1.17 bits per heavy atom. The van der Waals surface area contributed by atoms with Crippen molar-refractivity contribution in [3.05, 3.63) is 62.5 Å². The number of carbonyl (C=O) groups excluding carboxylic acids is 3. The zero-order valence-corrected chi connectivity index (χ0v) is 16.8. The molecule has 5 N–H and O–H groups in total. The Bertz CT molecular complexity index is 1140. The van der Waals surface area contributed by atoms with E-state index in [0.29, 0.717) is 21.1 Å². The number of hydrogen-bond acceptors (Lipinski definition) is 5. The topological polar surface area (TPSA) is 130 Å². The highest BCUT2D eigenvalue weighted by molar-refractivity contribution is 7.18. The molecule has 1 aromatic carbocycles. The molecular weight excluding hydrogens is 421 g/mol. The van der Waals surface area contributed by atoms with Gasteiger partial charge in [-0.15, -0.1) is 11.3 Å². The molecule has 0 radical (unpaired) electrons. The number of primary amides is 1. The van der Waals surface area contributed by atoms with E-state index >= 15 is 0 Å². The normalized spacial score (nSPS) is 10.6. The Morgan fingerprint density at radius 2 is 1.90 bits per heavy atom. The highest BCUT2D eigenvalue weighted by Crippen LogP contribution is 2.29. The first kappa shape index (κ1) is 20.5. The Labute approximate surface area is 173 Å². The highest BCUT2D eigenvalue weighted by Gasteiger charge is 2.21. The van der Waals surface area contributed by atoms with Crippen LogP contribution < -0.4 is 16.4 Å². The number of aryl methyl sites for hydroxylation is 2. The van der Waals surface area contributed by atoms with E-state index in [0.717, 1.165) is 23.5 Å². The summed E-state index contributed by atoms with van der Waals surface area (Å²) in [5, 5.41) is 12.0. The average Bonchev–Trinajstić information content (AvgIpc) is 3.17. The molecular formula is C18H15ClFN5O3S. The Balaban J connectivity index is 1.80. The number of rotatable bonds is 5. The van der Waals surface area contributed by atoms with Crippen LogP contribution in [0.1, 0.15) is 41.8 Å². The van der Waals surface area contributed by atoms with Crippen LogP contribution in [-0.2, 0) is 0 Å². The smallest absolute Gasteiger partial charge is 0.271 e. The van der Waals surface area contributed by atoms with Gasteiger partial charge < -0.3 is 16.4 Å². The number of H-pyrrole nitrogens is 1. The van der Waals surface area contributed by atoms with Crippen LogP contribution in [-0.4, -0.2) is 27.9 Å². The van der Waals surface area contributed by atoms with Crippen molar-refractivity contribution in [1.29, 1.82) is 0 Å². The van der Waals surface area contributed by atoms with E-state index in [2.05, 4.69) is 20.8 Å². The number of nitrogens with two attached hydrogens (primary N) is 1. The molecule has 0 unspecified atom stereocenters. The number of benzene rings is 1. The summed E-state index contributed by atoms with van der Waals surface area (Å²) in [7, 11) is 0.